The summed E-state index contributed by atoms with van der Waals surface area (Å²) in [6.45, 7) is 0. The predicted molar refractivity (Wildman–Crippen MR) is 34.2 cm³/mol. The molecular formula is C6H6F2N2. The molecule has 0 aliphatic heterocycles. The molecule has 4 heteroatoms. The van der Waals surface area contributed by atoms with Gasteiger partial charge in [-0.1, -0.05) is 0 Å². The predicted octanol–water partition coefficient (Wildman–Crippen LogP) is 1.62. The highest BCUT2D eigenvalue weighted by molar-refractivity contribution is 6.45. The van der Waals surface area contributed by atoms with Crippen molar-refractivity contribution in [2.45, 2.75) is 12.6 Å². The van der Waals surface area contributed by atoms with E-state index in [1.807, 2.05) is 0 Å². The van der Waals surface area contributed by atoms with Crippen LogP contribution in [-0.4, -0.2) is 17.6 Å². The minimum absolute atomic E-state index is 0.145. The molecule has 0 fully saturated rings. The van der Waals surface area contributed by atoms with E-state index in [-0.39, 0.29) is 17.8 Å². The van der Waals surface area contributed by atoms with Gasteiger partial charge in [0.25, 0.3) is 0 Å². The van der Waals surface area contributed by atoms with Crippen molar-refractivity contribution in [2.24, 2.45) is 0 Å². The highest BCUT2D eigenvalue weighted by Crippen LogP contribution is 2.17. The molecule has 0 saturated heterocycles. The maximum absolute atomic E-state index is 12.3. The van der Waals surface area contributed by atoms with Gasteiger partial charge in [0.2, 0.25) is 0 Å². The lowest BCUT2D eigenvalue weighted by atomic mass is 10.0. The van der Waals surface area contributed by atoms with Gasteiger partial charge in [-0.25, -0.2) is 8.78 Å². The van der Waals surface area contributed by atoms with Crippen molar-refractivity contribution in [3.8, 4) is 0 Å². The average molecular weight is 144 g/mol. The monoisotopic (exact) mass is 144 g/mol. The average Bonchev–Trinajstić information content (AvgIpc) is 1.84. The smallest absolute Gasteiger partial charge is 0.157 e. The number of rotatable bonds is 0. The van der Waals surface area contributed by atoms with Gasteiger partial charge in [0.05, 0.1) is 11.4 Å². The third-order valence-electron chi connectivity index (χ3n) is 1.29. The number of alkyl halides is 1. The third-order valence-corrected chi connectivity index (χ3v) is 1.29. The van der Waals surface area contributed by atoms with Crippen LogP contribution >= 0.6 is 0 Å². The molecule has 54 valence electrons. The Morgan fingerprint density at radius 3 is 2.60 bits per heavy atom. The van der Waals surface area contributed by atoms with E-state index in [0.717, 1.165) is 6.08 Å². The summed E-state index contributed by atoms with van der Waals surface area (Å²) < 4.78 is 24.6. The SMILES string of the molecule is N=C1C=C(F)C(F)CC1=N. The van der Waals surface area contributed by atoms with Gasteiger partial charge in [0.1, 0.15) is 5.83 Å². The molecule has 1 aliphatic rings. The van der Waals surface area contributed by atoms with E-state index in [9.17, 15) is 8.78 Å². The number of hydrogen-bond acceptors (Lipinski definition) is 2. The Labute approximate surface area is 56.6 Å². The fourth-order valence-electron chi connectivity index (χ4n) is 0.702. The normalized spacial score (nSPS) is 26.6. The fourth-order valence-corrected chi connectivity index (χ4v) is 0.702. The molecule has 0 spiro atoms. The topological polar surface area (TPSA) is 47.7 Å². The van der Waals surface area contributed by atoms with Crippen LogP contribution in [0.15, 0.2) is 11.9 Å². The molecule has 0 bridgehead atoms. The van der Waals surface area contributed by atoms with E-state index in [0.29, 0.717) is 0 Å². The first-order chi connectivity index (χ1) is 4.61. The Kier molecular flexibility index (Phi) is 1.61. The lowest BCUT2D eigenvalue weighted by Crippen LogP contribution is -2.22. The van der Waals surface area contributed by atoms with E-state index < -0.39 is 12.0 Å². The number of allylic oxidation sites excluding steroid dienone is 2. The Morgan fingerprint density at radius 1 is 1.50 bits per heavy atom. The van der Waals surface area contributed by atoms with Gasteiger partial charge in [-0.05, 0) is 6.08 Å². The molecule has 0 saturated carbocycles. The second kappa shape index (κ2) is 2.28. The van der Waals surface area contributed by atoms with Crippen molar-refractivity contribution >= 4 is 11.4 Å². The number of halogens is 2. The molecule has 0 radical (unpaired) electrons. The molecule has 0 aromatic heterocycles. The molecule has 2 N–H and O–H groups in total. The van der Waals surface area contributed by atoms with Crippen LogP contribution in [0.2, 0.25) is 0 Å². The Balaban J connectivity index is 2.89. The van der Waals surface area contributed by atoms with E-state index in [4.69, 9.17) is 10.8 Å². The molecule has 10 heavy (non-hydrogen) atoms. The zero-order valence-corrected chi connectivity index (χ0v) is 5.12. The van der Waals surface area contributed by atoms with Crippen molar-refractivity contribution in [1.29, 1.82) is 10.8 Å². The summed E-state index contributed by atoms with van der Waals surface area (Å²) in [4.78, 5) is 0. The van der Waals surface area contributed by atoms with E-state index in [2.05, 4.69) is 0 Å². The zero-order chi connectivity index (χ0) is 7.72. The summed E-state index contributed by atoms with van der Waals surface area (Å²) in [7, 11) is 0. The van der Waals surface area contributed by atoms with Crippen molar-refractivity contribution in [3.63, 3.8) is 0 Å². The number of hydrogen-bond donors (Lipinski definition) is 2. The molecule has 1 atom stereocenters. The van der Waals surface area contributed by atoms with Gasteiger partial charge in [0.15, 0.2) is 6.17 Å². The fraction of sp³-hybridized carbons (Fsp3) is 0.333. The summed E-state index contributed by atoms with van der Waals surface area (Å²) in [5.41, 5.74) is -0.375. The van der Waals surface area contributed by atoms with Crippen molar-refractivity contribution in [3.05, 3.63) is 11.9 Å². The number of nitrogens with one attached hydrogen (secondary N) is 2. The van der Waals surface area contributed by atoms with Gasteiger partial charge in [-0.2, -0.15) is 0 Å². The molecule has 0 aromatic carbocycles. The first kappa shape index (κ1) is 7.05. The first-order valence-electron chi connectivity index (χ1n) is 2.79. The molecule has 2 nitrogen and oxygen atoms in total. The summed E-state index contributed by atoms with van der Waals surface area (Å²) in [6, 6.07) is 0. The quantitative estimate of drug-likeness (QED) is 0.519. The third kappa shape index (κ3) is 1.10. The van der Waals surface area contributed by atoms with Gasteiger partial charge in [-0.3, -0.25) is 5.41 Å². The van der Waals surface area contributed by atoms with E-state index in [1.54, 1.807) is 0 Å². The maximum atomic E-state index is 12.3. The summed E-state index contributed by atoms with van der Waals surface area (Å²) in [5, 5.41) is 13.8. The van der Waals surface area contributed by atoms with Crippen LogP contribution in [0.1, 0.15) is 6.42 Å². The van der Waals surface area contributed by atoms with E-state index >= 15 is 0 Å². The maximum Gasteiger partial charge on any atom is 0.157 e. The van der Waals surface area contributed by atoms with Crippen LogP contribution < -0.4 is 0 Å². The Morgan fingerprint density at radius 2 is 2.10 bits per heavy atom. The minimum Gasteiger partial charge on any atom is -0.303 e. The molecule has 1 unspecified atom stereocenters. The van der Waals surface area contributed by atoms with Crippen LogP contribution in [-0.2, 0) is 0 Å². The molecule has 1 rings (SSSR count). The van der Waals surface area contributed by atoms with Crippen LogP contribution in [0.5, 0.6) is 0 Å². The molecule has 0 amide bonds. The van der Waals surface area contributed by atoms with Gasteiger partial charge >= 0.3 is 0 Å². The van der Waals surface area contributed by atoms with Gasteiger partial charge < -0.3 is 5.41 Å². The van der Waals surface area contributed by atoms with Crippen LogP contribution in [0.25, 0.3) is 0 Å². The zero-order valence-electron chi connectivity index (χ0n) is 5.12. The minimum atomic E-state index is -1.71. The lowest BCUT2D eigenvalue weighted by molar-refractivity contribution is 0.333. The second-order valence-corrected chi connectivity index (χ2v) is 2.09. The Hall–Kier alpha value is -1.06. The summed E-state index contributed by atoms with van der Waals surface area (Å²) in [6.07, 6.45) is -1.26. The van der Waals surface area contributed by atoms with Crippen molar-refractivity contribution in [2.75, 3.05) is 0 Å². The van der Waals surface area contributed by atoms with Crippen molar-refractivity contribution in [1.82, 2.24) is 0 Å². The van der Waals surface area contributed by atoms with Crippen LogP contribution in [0.4, 0.5) is 8.78 Å². The molecule has 1 aliphatic carbocycles. The molecular weight excluding hydrogens is 138 g/mol. The van der Waals surface area contributed by atoms with Crippen molar-refractivity contribution < 1.29 is 8.78 Å². The Bertz CT molecular complexity index is 220. The molecule has 0 heterocycles. The van der Waals surface area contributed by atoms with Gasteiger partial charge in [0, 0.05) is 6.42 Å². The lowest BCUT2D eigenvalue weighted by Gasteiger charge is -2.11. The van der Waals surface area contributed by atoms with E-state index in [1.165, 1.54) is 0 Å². The highest BCUT2D eigenvalue weighted by atomic mass is 19.2. The second-order valence-electron chi connectivity index (χ2n) is 2.09. The first-order valence-corrected chi connectivity index (χ1v) is 2.79. The summed E-state index contributed by atoms with van der Waals surface area (Å²) >= 11 is 0. The largest absolute Gasteiger partial charge is 0.303 e. The standard InChI is InChI=1S/C6H6F2N2/c7-3-1-5(9)6(10)2-4(3)8/h1,4,9-10H,2H2. The van der Waals surface area contributed by atoms with Gasteiger partial charge in [-0.15, -0.1) is 0 Å². The summed E-state index contributed by atoms with van der Waals surface area (Å²) in [5.74, 6) is -0.944. The highest BCUT2D eigenvalue weighted by Gasteiger charge is 2.22. The molecule has 0 aromatic rings. The van der Waals surface area contributed by atoms with Crippen LogP contribution in [0.3, 0.4) is 0 Å². The van der Waals surface area contributed by atoms with Crippen LogP contribution in [0, 0.1) is 10.8 Å².